The molecule has 0 atom stereocenters. The fourth-order valence-electron chi connectivity index (χ4n) is 1.91. The molecule has 0 N–H and O–H groups in total. The van der Waals surface area contributed by atoms with E-state index in [4.69, 9.17) is 4.74 Å². The van der Waals surface area contributed by atoms with Gasteiger partial charge in [-0.1, -0.05) is 42.5 Å². The first-order valence-electron chi connectivity index (χ1n) is 6.30. The third-order valence-corrected chi connectivity index (χ3v) is 2.86. The van der Waals surface area contributed by atoms with Gasteiger partial charge in [0.15, 0.2) is 17.3 Å². The van der Waals surface area contributed by atoms with Crippen LogP contribution in [0, 0.1) is 5.82 Å². The van der Waals surface area contributed by atoms with Crippen molar-refractivity contribution in [2.24, 2.45) is 0 Å². The molecule has 0 saturated carbocycles. The third-order valence-electron chi connectivity index (χ3n) is 2.86. The molecule has 20 heavy (non-hydrogen) atoms. The van der Waals surface area contributed by atoms with Gasteiger partial charge in [0.2, 0.25) is 0 Å². The average Bonchev–Trinajstić information content (AvgIpc) is 2.90. The highest BCUT2D eigenvalue weighted by molar-refractivity contribution is 5.29. The Balaban J connectivity index is 1.73. The molecule has 0 unspecified atom stereocenters. The second-order valence-corrected chi connectivity index (χ2v) is 4.39. The van der Waals surface area contributed by atoms with E-state index < -0.39 is 0 Å². The van der Waals surface area contributed by atoms with Crippen LogP contribution < -0.4 is 4.74 Å². The fraction of sp³-hybridized carbons (Fsp3) is 0.0625. The lowest BCUT2D eigenvalue weighted by atomic mass is 10.2. The van der Waals surface area contributed by atoms with Crippen molar-refractivity contribution in [2.75, 3.05) is 0 Å². The maximum absolute atomic E-state index is 13.5. The molecule has 3 nitrogen and oxygen atoms in total. The zero-order valence-corrected chi connectivity index (χ0v) is 10.7. The summed E-state index contributed by atoms with van der Waals surface area (Å²) in [7, 11) is 0. The first-order chi connectivity index (χ1) is 9.81. The maximum Gasteiger partial charge on any atom is 0.165 e. The van der Waals surface area contributed by atoms with Gasteiger partial charge < -0.3 is 4.74 Å². The molecule has 0 aliphatic rings. The van der Waals surface area contributed by atoms with E-state index in [1.807, 2.05) is 30.3 Å². The lowest BCUT2D eigenvalue weighted by Crippen LogP contribution is -1.99. The number of rotatable bonds is 4. The van der Waals surface area contributed by atoms with Crippen molar-refractivity contribution in [3.63, 3.8) is 0 Å². The summed E-state index contributed by atoms with van der Waals surface area (Å²) in [5.74, 6) is 0.334. The van der Waals surface area contributed by atoms with Crippen LogP contribution in [-0.2, 0) is 6.54 Å². The van der Waals surface area contributed by atoms with Crippen molar-refractivity contribution in [1.29, 1.82) is 0 Å². The van der Waals surface area contributed by atoms with E-state index in [-0.39, 0.29) is 11.6 Å². The minimum absolute atomic E-state index is 0.201. The molecule has 0 saturated heterocycles. The number of hydrogen-bond acceptors (Lipinski definition) is 2. The Hall–Kier alpha value is -2.62. The van der Waals surface area contributed by atoms with Crippen LogP contribution in [-0.4, -0.2) is 9.78 Å². The van der Waals surface area contributed by atoms with Gasteiger partial charge in [0.25, 0.3) is 0 Å². The summed E-state index contributed by atoms with van der Waals surface area (Å²) < 4.78 is 20.7. The molecule has 0 fully saturated rings. The molecule has 0 aliphatic heterocycles. The Labute approximate surface area is 116 Å². The molecule has 0 bridgehead atoms. The van der Waals surface area contributed by atoms with Gasteiger partial charge in [0, 0.05) is 0 Å². The van der Waals surface area contributed by atoms with E-state index in [9.17, 15) is 4.39 Å². The number of halogens is 1. The summed E-state index contributed by atoms with van der Waals surface area (Å²) in [4.78, 5) is 0. The average molecular weight is 268 g/mol. The quantitative estimate of drug-likeness (QED) is 0.718. The summed E-state index contributed by atoms with van der Waals surface area (Å²) >= 11 is 0. The Morgan fingerprint density at radius 2 is 1.75 bits per heavy atom. The summed E-state index contributed by atoms with van der Waals surface area (Å²) in [5.41, 5.74) is 1.15. The van der Waals surface area contributed by atoms with Crippen LogP contribution in [0.5, 0.6) is 11.5 Å². The van der Waals surface area contributed by atoms with E-state index in [1.165, 1.54) is 6.07 Å². The Bertz CT molecular complexity index is 694. The van der Waals surface area contributed by atoms with Gasteiger partial charge >= 0.3 is 0 Å². The fourth-order valence-corrected chi connectivity index (χ4v) is 1.91. The molecule has 0 amide bonds. The van der Waals surface area contributed by atoms with Gasteiger partial charge in [0.05, 0.1) is 18.9 Å². The highest BCUT2D eigenvalue weighted by Crippen LogP contribution is 2.23. The van der Waals surface area contributed by atoms with Gasteiger partial charge in [-0.25, -0.2) is 4.39 Å². The lowest BCUT2D eigenvalue weighted by molar-refractivity contribution is 0.441. The van der Waals surface area contributed by atoms with Crippen LogP contribution in [0.1, 0.15) is 5.56 Å². The highest BCUT2D eigenvalue weighted by Gasteiger charge is 2.05. The predicted octanol–water partition coefficient (Wildman–Crippen LogP) is 3.86. The summed E-state index contributed by atoms with van der Waals surface area (Å²) in [5, 5.41) is 4.21. The van der Waals surface area contributed by atoms with Gasteiger partial charge in [-0.3, -0.25) is 4.68 Å². The van der Waals surface area contributed by atoms with Crippen molar-refractivity contribution in [3.05, 3.63) is 78.4 Å². The second-order valence-electron chi connectivity index (χ2n) is 4.39. The summed E-state index contributed by atoms with van der Waals surface area (Å²) in [6.45, 7) is 0.654. The van der Waals surface area contributed by atoms with Crippen LogP contribution in [0.25, 0.3) is 0 Å². The monoisotopic (exact) mass is 268 g/mol. The number of para-hydroxylation sites is 1. The Morgan fingerprint density at radius 1 is 1.00 bits per heavy atom. The normalized spacial score (nSPS) is 10.4. The van der Waals surface area contributed by atoms with Crippen molar-refractivity contribution in [2.45, 2.75) is 6.54 Å². The predicted molar refractivity (Wildman–Crippen MR) is 74.2 cm³/mol. The maximum atomic E-state index is 13.5. The van der Waals surface area contributed by atoms with E-state index >= 15 is 0 Å². The van der Waals surface area contributed by atoms with Crippen molar-refractivity contribution in [3.8, 4) is 11.5 Å². The number of nitrogens with zero attached hydrogens (tertiary/aromatic N) is 2. The van der Waals surface area contributed by atoms with Gasteiger partial charge in [-0.05, 0) is 17.7 Å². The molecule has 0 spiro atoms. The largest absolute Gasteiger partial charge is 0.451 e. The SMILES string of the molecule is Fc1ccccc1Oc1cnn(Cc2ccccc2)c1. The van der Waals surface area contributed by atoms with Crippen molar-refractivity contribution < 1.29 is 9.13 Å². The van der Waals surface area contributed by atoms with E-state index in [1.54, 1.807) is 35.3 Å². The topological polar surface area (TPSA) is 27.1 Å². The molecular weight excluding hydrogens is 255 g/mol. The lowest BCUT2D eigenvalue weighted by Gasteiger charge is -2.03. The Kier molecular flexibility index (Phi) is 3.46. The molecule has 2 aromatic carbocycles. The first-order valence-corrected chi connectivity index (χ1v) is 6.30. The molecule has 0 radical (unpaired) electrons. The van der Waals surface area contributed by atoms with Crippen LogP contribution in [0.2, 0.25) is 0 Å². The van der Waals surface area contributed by atoms with Gasteiger partial charge in [0.1, 0.15) is 0 Å². The smallest absolute Gasteiger partial charge is 0.165 e. The minimum Gasteiger partial charge on any atom is -0.451 e. The zero-order chi connectivity index (χ0) is 13.8. The Morgan fingerprint density at radius 3 is 2.55 bits per heavy atom. The van der Waals surface area contributed by atoms with Crippen LogP contribution in [0.3, 0.4) is 0 Å². The number of ether oxygens (including phenoxy) is 1. The number of benzene rings is 2. The van der Waals surface area contributed by atoms with E-state index in [0.717, 1.165) is 5.56 Å². The molecule has 100 valence electrons. The standard InChI is InChI=1S/C16H13FN2O/c17-15-8-4-5-9-16(15)20-14-10-18-19(12-14)11-13-6-2-1-3-7-13/h1-10,12H,11H2. The van der Waals surface area contributed by atoms with Crippen molar-refractivity contribution >= 4 is 0 Å². The molecule has 3 aromatic rings. The molecule has 4 heteroatoms. The number of hydrogen-bond donors (Lipinski definition) is 0. The number of aromatic nitrogens is 2. The molecule has 1 aromatic heterocycles. The zero-order valence-electron chi connectivity index (χ0n) is 10.7. The molecular formula is C16H13FN2O. The summed E-state index contributed by atoms with van der Waals surface area (Å²) in [6, 6.07) is 16.3. The van der Waals surface area contributed by atoms with E-state index in [0.29, 0.717) is 12.3 Å². The summed E-state index contributed by atoms with van der Waals surface area (Å²) in [6.07, 6.45) is 3.33. The van der Waals surface area contributed by atoms with Crippen LogP contribution >= 0.6 is 0 Å². The van der Waals surface area contributed by atoms with Crippen LogP contribution in [0.4, 0.5) is 4.39 Å². The van der Waals surface area contributed by atoms with Crippen molar-refractivity contribution in [1.82, 2.24) is 9.78 Å². The first kappa shape index (κ1) is 12.4. The van der Waals surface area contributed by atoms with Gasteiger partial charge in [-0.2, -0.15) is 5.10 Å². The second kappa shape index (κ2) is 5.57. The third kappa shape index (κ3) is 2.85. The van der Waals surface area contributed by atoms with Crippen LogP contribution in [0.15, 0.2) is 67.0 Å². The van der Waals surface area contributed by atoms with E-state index in [2.05, 4.69) is 5.10 Å². The molecule has 0 aliphatic carbocycles. The highest BCUT2D eigenvalue weighted by atomic mass is 19.1. The van der Waals surface area contributed by atoms with Gasteiger partial charge in [-0.15, -0.1) is 0 Å². The minimum atomic E-state index is -0.386. The molecule has 1 heterocycles. The molecule has 3 rings (SSSR count).